The van der Waals surface area contributed by atoms with Crippen LogP contribution in [0.1, 0.15) is 31.4 Å². The molecule has 104 valence electrons. The molecule has 1 N–H and O–H groups in total. The molecule has 2 aromatic heterocycles. The van der Waals surface area contributed by atoms with E-state index in [1.807, 2.05) is 13.2 Å². The Kier molecular flexibility index (Phi) is 4.65. The molecule has 2 rings (SSSR count). The lowest BCUT2D eigenvalue weighted by atomic mass is 10.2. The molecule has 0 radical (unpaired) electrons. The number of halogens is 1. The van der Waals surface area contributed by atoms with Crippen molar-refractivity contribution in [2.75, 3.05) is 5.32 Å². The van der Waals surface area contributed by atoms with E-state index in [1.165, 1.54) is 0 Å². The lowest BCUT2D eigenvalue weighted by Crippen LogP contribution is -2.14. The molecule has 0 saturated heterocycles. The first kappa shape index (κ1) is 14.4. The monoisotopic (exact) mass is 288 g/mol. The van der Waals surface area contributed by atoms with E-state index in [-0.39, 0.29) is 0 Å². The van der Waals surface area contributed by atoms with Gasteiger partial charge in [0.15, 0.2) is 0 Å². The van der Waals surface area contributed by atoms with Gasteiger partial charge < -0.3 is 5.32 Å². The number of hydrogen-bond acceptors (Lipinski definition) is 3. The molecule has 5 heteroatoms. The molecule has 0 aromatic carbocycles. The summed E-state index contributed by atoms with van der Waals surface area (Å²) < 4.78 is 1.72. The summed E-state index contributed by atoms with van der Waals surface area (Å²) in [5, 5.41) is 7.94. The minimum absolute atomic E-state index is 0.354. The van der Waals surface area contributed by atoms with Gasteiger partial charge in [0.25, 0.3) is 0 Å². The Bertz CT molecular complexity index is 651. The predicted molar refractivity (Wildman–Crippen MR) is 81.8 cm³/mol. The second-order valence-corrected chi connectivity index (χ2v) is 5.05. The highest BCUT2D eigenvalue weighted by Crippen LogP contribution is 2.19. The second kappa shape index (κ2) is 6.44. The van der Waals surface area contributed by atoms with Crippen LogP contribution in [0.2, 0.25) is 5.15 Å². The third-order valence-corrected chi connectivity index (χ3v) is 3.14. The van der Waals surface area contributed by atoms with E-state index in [1.54, 1.807) is 23.1 Å². The van der Waals surface area contributed by atoms with Gasteiger partial charge in [0, 0.05) is 25.5 Å². The Morgan fingerprint density at radius 3 is 2.85 bits per heavy atom. The smallest absolute Gasteiger partial charge is 0.131 e. The zero-order valence-corrected chi connectivity index (χ0v) is 12.6. The van der Waals surface area contributed by atoms with E-state index in [2.05, 4.69) is 41.1 Å². The van der Waals surface area contributed by atoms with E-state index < -0.39 is 0 Å². The van der Waals surface area contributed by atoms with E-state index in [9.17, 15) is 0 Å². The Labute approximate surface area is 124 Å². The fourth-order valence-electron chi connectivity index (χ4n) is 1.64. The number of nitrogens with zero attached hydrogens (tertiary/aromatic N) is 3. The van der Waals surface area contributed by atoms with Gasteiger partial charge in [0.1, 0.15) is 5.15 Å². The fraction of sp³-hybridized carbons (Fsp3) is 0.333. The van der Waals surface area contributed by atoms with Crippen LogP contribution >= 0.6 is 11.6 Å². The molecule has 1 atom stereocenters. The Balaban J connectivity index is 2.29. The molecular formula is C15H17ClN4. The topological polar surface area (TPSA) is 42.7 Å². The van der Waals surface area contributed by atoms with Crippen LogP contribution in [0, 0.1) is 11.8 Å². The highest BCUT2D eigenvalue weighted by atomic mass is 35.5. The molecule has 1 unspecified atom stereocenters. The number of pyridine rings is 1. The molecule has 0 saturated carbocycles. The summed E-state index contributed by atoms with van der Waals surface area (Å²) in [5.74, 6) is 6.19. The molecule has 0 amide bonds. The summed E-state index contributed by atoms with van der Waals surface area (Å²) in [4.78, 5) is 4.09. The number of anilines is 1. The van der Waals surface area contributed by atoms with Crippen LogP contribution in [0.3, 0.4) is 0 Å². The van der Waals surface area contributed by atoms with Crippen molar-refractivity contribution >= 4 is 17.3 Å². The van der Waals surface area contributed by atoms with Gasteiger partial charge in [-0.05, 0) is 19.4 Å². The van der Waals surface area contributed by atoms with Crippen LogP contribution in [-0.4, -0.2) is 20.8 Å². The van der Waals surface area contributed by atoms with Gasteiger partial charge in [-0.1, -0.05) is 30.4 Å². The van der Waals surface area contributed by atoms with Crippen molar-refractivity contribution in [3.63, 3.8) is 0 Å². The summed E-state index contributed by atoms with van der Waals surface area (Å²) in [5.41, 5.74) is 2.62. The van der Waals surface area contributed by atoms with Crippen molar-refractivity contribution in [3.8, 4) is 11.8 Å². The molecule has 4 nitrogen and oxygen atoms in total. The molecule has 2 aromatic rings. The quantitative estimate of drug-likeness (QED) is 0.697. The molecule has 0 fully saturated rings. The number of hydrogen-bond donors (Lipinski definition) is 1. The first-order valence-electron chi connectivity index (χ1n) is 6.51. The van der Waals surface area contributed by atoms with Crippen LogP contribution in [-0.2, 0) is 7.05 Å². The minimum atomic E-state index is 0.354. The average molecular weight is 289 g/mol. The Morgan fingerprint density at radius 2 is 2.20 bits per heavy atom. The van der Waals surface area contributed by atoms with Gasteiger partial charge in [-0.15, -0.1) is 0 Å². The number of aryl methyl sites for hydroxylation is 1. The first-order valence-corrected chi connectivity index (χ1v) is 6.89. The molecule has 0 aliphatic heterocycles. The van der Waals surface area contributed by atoms with Crippen LogP contribution in [0.25, 0.3) is 0 Å². The maximum Gasteiger partial charge on any atom is 0.131 e. The van der Waals surface area contributed by atoms with E-state index >= 15 is 0 Å². The van der Waals surface area contributed by atoms with Gasteiger partial charge >= 0.3 is 0 Å². The number of aromatic nitrogens is 3. The normalized spacial score (nSPS) is 11.6. The van der Waals surface area contributed by atoms with Crippen LogP contribution in [0.5, 0.6) is 0 Å². The molecule has 0 spiro atoms. The largest absolute Gasteiger partial charge is 0.381 e. The third-order valence-electron chi connectivity index (χ3n) is 2.93. The van der Waals surface area contributed by atoms with Gasteiger partial charge in [-0.25, -0.2) is 4.98 Å². The van der Waals surface area contributed by atoms with Crippen LogP contribution < -0.4 is 5.32 Å². The maximum absolute atomic E-state index is 5.95. The molecular weight excluding hydrogens is 272 g/mol. The van der Waals surface area contributed by atoms with E-state index in [4.69, 9.17) is 11.6 Å². The van der Waals surface area contributed by atoms with Gasteiger partial charge in [0.05, 0.1) is 23.0 Å². The van der Waals surface area contributed by atoms with Crippen molar-refractivity contribution in [2.24, 2.45) is 7.05 Å². The summed E-state index contributed by atoms with van der Waals surface area (Å²) in [6.07, 6.45) is 6.32. The highest BCUT2D eigenvalue weighted by Gasteiger charge is 2.05. The lowest BCUT2D eigenvalue weighted by molar-refractivity contribution is 0.763. The summed E-state index contributed by atoms with van der Waals surface area (Å²) in [6.45, 7) is 4.24. The highest BCUT2D eigenvalue weighted by molar-refractivity contribution is 6.29. The third kappa shape index (κ3) is 3.75. The van der Waals surface area contributed by atoms with Crippen molar-refractivity contribution < 1.29 is 0 Å². The second-order valence-electron chi connectivity index (χ2n) is 4.66. The van der Waals surface area contributed by atoms with Crippen molar-refractivity contribution in [3.05, 3.63) is 40.9 Å². The first-order chi connectivity index (χ1) is 9.58. The zero-order chi connectivity index (χ0) is 14.5. The summed E-state index contributed by atoms with van der Waals surface area (Å²) in [7, 11) is 1.87. The van der Waals surface area contributed by atoms with E-state index in [0.29, 0.717) is 11.2 Å². The van der Waals surface area contributed by atoms with Gasteiger partial charge in [-0.3, -0.25) is 4.68 Å². The molecule has 20 heavy (non-hydrogen) atoms. The standard InChI is InChI=1S/C15H17ClN4/c1-4-11(2)19-14-7-15(16)17-9-13(14)6-5-12-8-18-20(3)10-12/h7-11H,4H2,1-3H3,(H,17,19). The van der Waals surface area contributed by atoms with Gasteiger partial charge in [-0.2, -0.15) is 5.10 Å². The molecule has 2 heterocycles. The van der Waals surface area contributed by atoms with Gasteiger partial charge in [0.2, 0.25) is 0 Å². The summed E-state index contributed by atoms with van der Waals surface area (Å²) >= 11 is 5.95. The summed E-state index contributed by atoms with van der Waals surface area (Å²) in [6, 6.07) is 2.16. The minimum Gasteiger partial charge on any atom is -0.381 e. The zero-order valence-electron chi connectivity index (χ0n) is 11.8. The Morgan fingerprint density at radius 1 is 1.40 bits per heavy atom. The molecule has 0 bridgehead atoms. The number of rotatable bonds is 3. The Hall–Kier alpha value is -1.99. The van der Waals surface area contributed by atoms with Crippen molar-refractivity contribution in [2.45, 2.75) is 26.3 Å². The SMILES string of the molecule is CCC(C)Nc1cc(Cl)ncc1C#Cc1cnn(C)c1. The predicted octanol–water partition coefficient (Wildman–Crippen LogP) is 3.08. The number of nitrogens with one attached hydrogen (secondary N) is 1. The fourth-order valence-corrected chi connectivity index (χ4v) is 1.80. The van der Waals surface area contributed by atoms with E-state index in [0.717, 1.165) is 23.2 Å². The maximum atomic E-state index is 5.95. The average Bonchev–Trinajstić information content (AvgIpc) is 2.83. The lowest BCUT2D eigenvalue weighted by Gasteiger charge is -2.14. The van der Waals surface area contributed by atoms with Crippen molar-refractivity contribution in [1.82, 2.24) is 14.8 Å². The van der Waals surface area contributed by atoms with Crippen molar-refractivity contribution in [1.29, 1.82) is 0 Å². The molecule has 0 aliphatic carbocycles. The molecule has 0 aliphatic rings. The van der Waals surface area contributed by atoms with Crippen LogP contribution in [0.4, 0.5) is 5.69 Å². The van der Waals surface area contributed by atoms with Crippen LogP contribution in [0.15, 0.2) is 24.7 Å².